The Morgan fingerprint density at radius 3 is 2.94 bits per heavy atom. The number of hydrogen-bond acceptors (Lipinski definition) is 4. The van der Waals surface area contributed by atoms with Crippen LogP contribution in [0.25, 0.3) is 0 Å². The predicted octanol–water partition coefficient (Wildman–Crippen LogP) is 3.09. The van der Waals surface area contributed by atoms with Crippen LogP contribution in [0, 0.1) is 5.41 Å². The van der Waals surface area contributed by atoms with E-state index in [9.17, 15) is 0 Å². The molecule has 1 unspecified atom stereocenters. The Balaban J connectivity index is 2.16. The van der Waals surface area contributed by atoms with Gasteiger partial charge in [0.2, 0.25) is 5.28 Å². The highest BCUT2D eigenvalue weighted by atomic mass is 35.5. The monoisotopic (exact) mass is 254 g/mol. The van der Waals surface area contributed by atoms with Crippen LogP contribution in [0.1, 0.15) is 39.5 Å². The van der Waals surface area contributed by atoms with Crippen LogP contribution in [0.2, 0.25) is 5.28 Å². The van der Waals surface area contributed by atoms with Crippen LogP contribution in [0.15, 0.2) is 6.20 Å². The zero-order valence-electron chi connectivity index (χ0n) is 10.3. The molecule has 2 rings (SSSR count). The minimum atomic E-state index is 0.232. The summed E-state index contributed by atoms with van der Waals surface area (Å²) in [6.45, 7) is 4.56. The lowest BCUT2D eigenvalue weighted by Gasteiger charge is -2.39. The van der Waals surface area contributed by atoms with Crippen LogP contribution in [0.4, 0.5) is 11.5 Å². The van der Waals surface area contributed by atoms with Crippen molar-refractivity contribution in [3.05, 3.63) is 11.5 Å². The van der Waals surface area contributed by atoms with Gasteiger partial charge >= 0.3 is 0 Å². The van der Waals surface area contributed by atoms with Crippen molar-refractivity contribution in [2.75, 3.05) is 11.1 Å². The van der Waals surface area contributed by atoms with E-state index < -0.39 is 0 Å². The molecule has 0 radical (unpaired) electrons. The first-order valence-electron chi connectivity index (χ1n) is 6.03. The third kappa shape index (κ3) is 2.80. The van der Waals surface area contributed by atoms with E-state index in [2.05, 4.69) is 29.1 Å². The fourth-order valence-corrected chi connectivity index (χ4v) is 2.55. The lowest BCUT2D eigenvalue weighted by Crippen LogP contribution is -2.39. The van der Waals surface area contributed by atoms with Crippen LogP contribution in [-0.2, 0) is 0 Å². The summed E-state index contributed by atoms with van der Waals surface area (Å²) >= 11 is 5.79. The SMILES string of the molecule is CC1(C)CCCCC1Nc1nc(Cl)ncc1N. The van der Waals surface area contributed by atoms with Crippen molar-refractivity contribution in [2.45, 2.75) is 45.6 Å². The van der Waals surface area contributed by atoms with Gasteiger partial charge in [0.1, 0.15) is 0 Å². The zero-order valence-corrected chi connectivity index (χ0v) is 11.1. The van der Waals surface area contributed by atoms with Crippen LogP contribution in [0.3, 0.4) is 0 Å². The van der Waals surface area contributed by atoms with Crippen molar-refractivity contribution in [3.8, 4) is 0 Å². The van der Waals surface area contributed by atoms with Crippen LogP contribution in [-0.4, -0.2) is 16.0 Å². The lowest BCUT2D eigenvalue weighted by atomic mass is 9.73. The summed E-state index contributed by atoms with van der Waals surface area (Å²) in [6.07, 6.45) is 6.47. The summed E-state index contributed by atoms with van der Waals surface area (Å²) in [5, 5.41) is 3.65. The van der Waals surface area contributed by atoms with Gasteiger partial charge in [-0.25, -0.2) is 4.98 Å². The van der Waals surface area contributed by atoms with Gasteiger partial charge in [0.05, 0.1) is 11.9 Å². The molecule has 0 bridgehead atoms. The predicted molar refractivity (Wildman–Crippen MR) is 71.1 cm³/mol. The first kappa shape index (κ1) is 12.4. The smallest absolute Gasteiger partial charge is 0.224 e. The number of hydrogen-bond donors (Lipinski definition) is 2. The summed E-state index contributed by atoms with van der Waals surface area (Å²) < 4.78 is 0. The molecule has 1 aliphatic carbocycles. The van der Waals surface area contributed by atoms with E-state index in [1.807, 2.05) is 0 Å². The van der Waals surface area contributed by atoms with Crippen molar-refractivity contribution in [1.29, 1.82) is 0 Å². The second-order valence-corrected chi connectivity index (χ2v) is 5.71. The van der Waals surface area contributed by atoms with Gasteiger partial charge < -0.3 is 11.1 Å². The van der Waals surface area contributed by atoms with E-state index in [0.717, 1.165) is 6.42 Å². The highest BCUT2D eigenvalue weighted by Crippen LogP contribution is 2.37. The average Bonchev–Trinajstić information content (AvgIpc) is 2.26. The summed E-state index contributed by atoms with van der Waals surface area (Å²) in [5.74, 6) is 0.657. The lowest BCUT2D eigenvalue weighted by molar-refractivity contribution is 0.216. The first-order chi connectivity index (χ1) is 7.99. The fraction of sp³-hybridized carbons (Fsp3) is 0.667. The summed E-state index contributed by atoms with van der Waals surface area (Å²) in [4.78, 5) is 8.01. The standard InChI is InChI=1S/C12H19ClN4/c1-12(2)6-4-3-5-9(12)16-10-8(14)7-15-11(13)17-10/h7,9H,3-6,14H2,1-2H3,(H,15,16,17). The van der Waals surface area contributed by atoms with Crippen molar-refractivity contribution in [2.24, 2.45) is 5.41 Å². The number of anilines is 2. The van der Waals surface area contributed by atoms with Crippen LogP contribution >= 0.6 is 11.6 Å². The molecule has 4 nitrogen and oxygen atoms in total. The number of nitrogen functional groups attached to an aromatic ring is 1. The quantitative estimate of drug-likeness (QED) is 0.796. The maximum Gasteiger partial charge on any atom is 0.224 e. The van der Waals surface area contributed by atoms with Gasteiger partial charge in [-0.1, -0.05) is 26.7 Å². The number of aromatic nitrogens is 2. The Morgan fingerprint density at radius 2 is 2.24 bits per heavy atom. The van der Waals surface area contributed by atoms with E-state index in [1.165, 1.54) is 19.3 Å². The molecular formula is C12H19ClN4. The van der Waals surface area contributed by atoms with Crippen molar-refractivity contribution >= 4 is 23.1 Å². The third-order valence-corrected chi connectivity index (χ3v) is 3.79. The van der Waals surface area contributed by atoms with E-state index >= 15 is 0 Å². The Morgan fingerprint density at radius 1 is 1.47 bits per heavy atom. The molecule has 5 heteroatoms. The van der Waals surface area contributed by atoms with E-state index in [1.54, 1.807) is 6.20 Å². The Kier molecular flexibility index (Phi) is 3.43. The number of nitrogens with zero attached hydrogens (tertiary/aromatic N) is 2. The summed E-state index contributed by atoms with van der Waals surface area (Å²) in [7, 11) is 0. The average molecular weight is 255 g/mol. The minimum absolute atomic E-state index is 0.232. The van der Waals surface area contributed by atoms with Gasteiger partial charge in [-0.05, 0) is 29.9 Å². The molecule has 1 fully saturated rings. The molecule has 1 aromatic rings. The molecule has 0 saturated heterocycles. The van der Waals surface area contributed by atoms with Gasteiger partial charge in [0.15, 0.2) is 5.82 Å². The second kappa shape index (κ2) is 4.69. The summed E-state index contributed by atoms with van der Waals surface area (Å²) in [5.41, 5.74) is 6.67. The van der Waals surface area contributed by atoms with E-state index in [-0.39, 0.29) is 10.7 Å². The van der Waals surface area contributed by atoms with Gasteiger partial charge in [0.25, 0.3) is 0 Å². The molecule has 0 spiro atoms. The highest BCUT2D eigenvalue weighted by molar-refractivity contribution is 6.28. The summed E-state index contributed by atoms with van der Waals surface area (Å²) in [6, 6.07) is 0.393. The Hall–Kier alpha value is -1.03. The van der Waals surface area contributed by atoms with E-state index in [4.69, 9.17) is 17.3 Å². The largest absolute Gasteiger partial charge is 0.394 e. The number of rotatable bonds is 2. The topological polar surface area (TPSA) is 63.8 Å². The van der Waals surface area contributed by atoms with Gasteiger partial charge in [-0.2, -0.15) is 4.98 Å². The van der Waals surface area contributed by atoms with Crippen molar-refractivity contribution in [1.82, 2.24) is 9.97 Å². The first-order valence-corrected chi connectivity index (χ1v) is 6.41. The maximum atomic E-state index is 5.85. The second-order valence-electron chi connectivity index (χ2n) is 5.37. The van der Waals surface area contributed by atoms with Gasteiger partial charge in [0, 0.05) is 6.04 Å². The fourth-order valence-electron chi connectivity index (χ4n) is 2.41. The third-order valence-electron chi connectivity index (χ3n) is 3.61. The van der Waals surface area contributed by atoms with Crippen molar-refractivity contribution < 1.29 is 0 Å². The molecule has 0 aromatic carbocycles. The molecule has 1 atom stereocenters. The van der Waals surface area contributed by atoms with Crippen LogP contribution in [0.5, 0.6) is 0 Å². The molecule has 0 aliphatic heterocycles. The molecule has 1 aromatic heterocycles. The molecule has 1 saturated carbocycles. The molecular weight excluding hydrogens is 236 g/mol. The van der Waals surface area contributed by atoms with Gasteiger partial charge in [-0.3, -0.25) is 0 Å². The number of halogens is 1. The molecule has 1 aliphatic rings. The molecule has 0 amide bonds. The minimum Gasteiger partial charge on any atom is -0.394 e. The van der Waals surface area contributed by atoms with Crippen molar-refractivity contribution in [3.63, 3.8) is 0 Å². The molecule has 94 valence electrons. The number of nitrogens with one attached hydrogen (secondary N) is 1. The highest BCUT2D eigenvalue weighted by Gasteiger charge is 2.32. The van der Waals surface area contributed by atoms with Crippen LogP contribution < -0.4 is 11.1 Å². The number of nitrogens with two attached hydrogens (primary N) is 1. The Labute approximate surface area is 107 Å². The Bertz CT molecular complexity index is 405. The molecule has 1 heterocycles. The molecule has 3 N–H and O–H groups in total. The molecule has 17 heavy (non-hydrogen) atoms. The van der Waals surface area contributed by atoms with E-state index in [0.29, 0.717) is 17.5 Å². The zero-order chi connectivity index (χ0) is 12.5. The normalized spacial score (nSPS) is 23.4. The maximum absolute atomic E-state index is 5.85. The van der Waals surface area contributed by atoms with Gasteiger partial charge in [-0.15, -0.1) is 0 Å².